The highest BCUT2D eigenvalue weighted by Gasteiger charge is 2.20. The number of fused-ring (bicyclic) bond motifs is 1. The Labute approximate surface area is 186 Å². The minimum absolute atomic E-state index is 0.403. The van der Waals surface area contributed by atoms with E-state index < -0.39 is 0 Å². The molecule has 8 nitrogen and oxygen atoms in total. The monoisotopic (exact) mass is 442 g/mol. The number of hydrogen-bond donors (Lipinski definition) is 2. The van der Waals surface area contributed by atoms with Gasteiger partial charge < -0.3 is 25.1 Å². The molecule has 166 valence electrons. The van der Waals surface area contributed by atoms with E-state index in [9.17, 15) is 0 Å². The average Bonchev–Trinajstić information content (AvgIpc) is 3.13. The molecule has 0 atom stereocenters. The molecule has 1 aromatic carbocycles. The van der Waals surface area contributed by atoms with Crippen molar-refractivity contribution in [2.45, 2.75) is 49.7 Å². The third-order valence-electron chi connectivity index (χ3n) is 5.47. The Hall–Kier alpha value is -2.52. The van der Waals surface area contributed by atoms with Crippen molar-refractivity contribution in [1.82, 2.24) is 24.8 Å². The fourth-order valence-electron chi connectivity index (χ4n) is 3.89. The molecule has 0 bridgehead atoms. The Balaban J connectivity index is 1.68. The van der Waals surface area contributed by atoms with Crippen LogP contribution in [0.15, 0.2) is 34.6 Å². The van der Waals surface area contributed by atoms with E-state index in [4.69, 9.17) is 20.2 Å². The summed E-state index contributed by atoms with van der Waals surface area (Å²) in [5.74, 6) is 2.73. The van der Waals surface area contributed by atoms with Crippen LogP contribution in [0.3, 0.4) is 0 Å². The Bertz CT molecular complexity index is 1020. The van der Waals surface area contributed by atoms with Gasteiger partial charge in [-0.05, 0) is 82.1 Å². The van der Waals surface area contributed by atoms with Crippen LogP contribution in [0, 0.1) is 5.92 Å². The molecule has 3 aromatic rings. The zero-order valence-electron chi connectivity index (χ0n) is 18.1. The second-order valence-corrected chi connectivity index (χ2v) is 8.54. The average molecular weight is 443 g/mol. The summed E-state index contributed by atoms with van der Waals surface area (Å²) in [6.07, 6.45) is 5.01. The lowest BCUT2D eigenvalue weighted by atomic mass is 9.95. The van der Waals surface area contributed by atoms with Crippen LogP contribution < -0.4 is 20.5 Å². The zero-order valence-corrected chi connectivity index (χ0v) is 19.0. The van der Waals surface area contributed by atoms with Crippen molar-refractivity contribution in [1.29, 1.82) is 0 Å². The number of hydrogen-bond acceptors (Lipinski definition) is 8. The van der Waals surface area contributed by atoms with Crippen LogP contribution >= 0.6 is 11.8 Å². The Kier molecular flexibility index (Phi) is 7.14. The van der Waals surface area contributed by atoms with E-state index in [0.717, 1.165) is 53.3 Å². The summed E-state index contributed by atoms with van der Waals surface area (Å²) in [7, 11) is 0. The van der Waals surface area contributed by atoms with Gasteiger partial charge >= 0.3 is 0 Å². The number of benzene rings is 1. The van der Waals surface area contributed by atoms with E-state index in [2.05, 4.69) is 19.9 Å². The van der Waals surface area contributed by atoms with Gasteiger partial charge in [0.2, 0.25) is 0 Å². The van der Waals surface area contributed by atoms with Crippen molar-refractivity contribution in [3.8, 4) is 11.5 Å². The quantitative estimate of drug-likeness (QED) is 0.517. The SMILES string of the molecule is CCOc1ccc(OCC)c(Sc2nc3c(N)ncnc3n2CCC2CCNCC2)c1. The van der Waals surface area contributed by atoms with Gasteiger partial charge in [-0.25, -0.2) is 15.0 Å². The molecule has 3 heterocycles. The number of piperidine rings is 1. The number of ether oxygens (including phenoxy) is 2. The summed E-state index contributed by atoms with van der Waals surface area (Å²) in [6, 6.07) is 5.89. The predicted molar refractivity (Wildman–Crippen MR) is 123 cm³/mol. The molecule has 0 unspecified atom stereocenters. The normalized spacial score (nSPS) is 14.8. The van der Waals surface area contributed by atoms with Crippen molar-refractivity contribution in [3.05, 3.63) is 24.5 Å². The van der Waals surface area contributed by atoms with E-state index in [0.29, 0.717) is 30.5 Å². The minimum Gasteiger partial charge on any atom is -0.494 e. The van der Waals surface area contributed by atoms with E-state index in [1.165, 1.54) is 19.2 Å². The van der Waals surface area contributed by atoms with Crippen LogP contribution in [0.2, 0.25) is 0 Å². The number of anilines is 1. The van der Waals surface area contributed by atoms with Gasteiger partial charge in [0.25, 0.3) is 0 Å². The van der Waals surface area contributed by atoms with Crippen LogP contribution in [-0.4, -0.2) is 45.8 Å². The number of nitrogens with one attached hydrogen (secondary N) is 1. The lowest BCUT2D eigenvalue weighted by molar-refractivity contribution is 0.323. The van der Waals surface area contributed by atoms with E-state index in [1.54, 1.807) is 11.8 Å². The van der Waals surface area contributed by atoms with Crippen molar-refractivity contribution < 1.29 is 9.47 Å². The second kappa shape index (κ2) is 10.2. The maximum atomic E-state index is 6.12. The van der Waals surface area contributed by atoms with Gasteiger partial charge in [0, 0.05) is 6.54 Å². The summed E-state index contributed by atoms with van der Waals surface area (Å²) in [4.78, 5) is 14.4. The maximum absolute atomic E-state index is 6.12. The molecular formula is C22H30N6O2S. The highest BCUT2D eigenvalue weighted by atomic mass is 32.2. The molecule has 31 heavy (non-hydrogen) atoms. The number of aryl methyl sites for hydroxylation is 1. The van der Waals surface area contributed by atoms with Crippen LogP contribution in [0.4, 0.5) is 5.82 Å². The summed E-state index contributed by atoms with van der Waals surface area (Å²) in [6.45, 7) is 8.18. The van der Waals surface area contributed by atoms with Gasteiger partial charge in [-0.1, -0.05) is 0 Å². The summed E-state index contributed by atoms with van der Waals surface area (Å²) >= 11 is 1.55. The first-order chi connectivity index (χ1) is 15.2. The van der Waals surface area contributed by atoms with Gasteiger partial charge in [0.05, 0.1) is 18.1 Å². The molecule has 1 fully saturated rings. The number of imidazole rings is 1. The first-order valence-corrected chi connectivity index (χ1v) is 11.8. The first kappa shape index (κ1) is 21.7. The van der Waals surface area contributed by atoms with Gasteiger partial charge in [-0.15, -0.1) is 0 Å². The number of rotatable bonds is 9. The van der Waals surface area contributed by atoms with E-state index in [1.807, 2.05) is 32.0 Å². The van der Waals surface area contributed by atoms with Gasteiger partial charge in [-0.3, -0.25) is 0 Å². The molecule has 0 saturated carbocycles. The molecule has 1 aliphatic rings. The fourth-order valence-corrected chi connectivity index (χ4v) is 4.92. The lowest BCUT2D eigenvalue weighted by Crippen LogP contribution is -2.28. The lowest BCUT2D eigenvalue weighted by Gasteiger charge is -2.23. The number of nitrogens with two attached hydrogens (primary N) is 1. The maximum Gasteiger partial charge on any atom is 0.175 e. The highest BCUT2D eigenvalue weighted by Crippen LogP contribution is 2.39. The van der Waals surface area contributed by atoms with E-state index in [-0.39, 0.29) is 0 Å². The smallest absolute Gasteiger partial charge is 0.175 e. The van der Waals surface area contributed by atoms with Crippen LogP contribution in [0.5, 0.6) is 11.5 Å². The Morgan fingerprint density at radius 3 is 2.74 bits per heavy atom. The van der Waals surface area contributed by atoms with Crippen LogP contribution in [0.1, 0.15) is 33.1 Å². The summed E-state index contributed by atoms with van der Waals surface area (Å²) < 4.78 is 13.7. The highest BCUT2D eigenvalue weighted by molar-refractivity contribution is 7.99. The zero-order chi connectivity index (χ0) is 21.6. The third kappa shape index (κ3) is 5.04. The summed E-state index contributed by atoms with van der Waals surface area (Å²) in [5, 5.41) is 4.28. The number of aromatic nitrogens is 4. The summed E-state index contributed by atoms with van der Waals surface area (Å²) in [5.41, 5.74) is 7.55. The second-order valence-electron chi connectivity index (χ2n) is 7.54. The van der Waals surface area contributed by atoms with Gasteiger partial charge in [0.15, 0.2) is 22.1 Å². The minimum atomic E-state index is 0.403. The van der Waals surface area contributed by atoms with Gasteiger partial charge in [0.1, 0.15) is 17.8 Å². The predicted octanol–water partition coefficient (Wildman–Crippen LogP) is 3.75. The molecule has 4 rings (SSSR count). The molecular weight excluding hydrogens is 412 g/mol. The van der Waals surface area contributed by atoms with Crippen LogP contribution in [-0.2, 0) is 6.54 Å². The largest absolute Gasteiger partial charge is 0.494 e. The van der Waals surface area contributed by atoms with Crippen molar-refractivity contribution in [3.63, 3.8) is 0 Å². The van der Waals surface area contributed by atoms with Crippen LogP contribution in [0.25, 0.3) is 11.2 Å². The third-order valence-corrected chi connectivity index (χ3v) is 6.51. The topological polar surface area (TPSA) is 100 Å². The molecule has 9 heteroatoms. The van der Waals surface area contributed by atoms with Gasteiger partial charge in [-0.2, -0.15) is 0 Å². The standard InChI is InChI=1S/C22H30N6O2S/c1-3-29-16-5-6-17(30-4-2)18(13-16)31-22-27-19-20(23)25-14-26-21(19)28(22)12-9-15-7-10-24-11-8-15/h5-6,13-15,24H,3-4,7-12H2,1-2H3,(H2,23,25,26). The Morgan fingerprint density at radius 2 is 1.97 bits per heavy atom. The van der Waals surface area contributed by atoms with Crippen molar-refractivity contribution >= 4 is 28.7 Å². The molecule has 2 aromatic heterocycles. The van der Waals surface area contributed by atoms with E-state index >= 15 is 0 Å². The van der Waals surface area contributed by atoms with Crippen molar-refractivity contribution in [2.24, 2.45) is 5.92 Å². The molecule has 0 amide bonds. The molecule has 0 aliphatic carbocycles. The number of nitrogens with zero attached hydrogens (tertiary/aromatic N) is 4. The first-order valence-electron chi connectivity index (χ1n) is 10.9. The molecule has 0 radical (unpaired) electrons. The Morgan fingerprint density at radius 1 is 1.16 bits per heavy atom. The molecule has 1 saturated heterocycles. The molecule has 1 aliphatic heterocycles. The molecule has 0 spiro atoms. The van der Waals surface area contributed by atoms with Crippen molar-refractivity contribution in [2.75, 3.05) is 32.0 Å². The fraction of sp³-hybridized carbons (Fsp3) is 0.500. The molecule has 3 N–H and O–H groups in total. The number of nitrogen functional groups attached to an aromatic ring is 1.